The van der Waals surface area contributed by atoms with Gasteiger partial charge < -0.3 is 48.7 Å². The van der Waals surface area contributed by atoms with E-state index in [1.807, 2.05) is 0 Å². The lowest BCUT2D eigenvalue weighted by Crippen LogP contribution is -2.64. The molecule has 1 saturated heterocycles. The van der Waals surface area contributed by atoms with E-state index in [2.05, 4.69) is 0 Å². The first-order valence-electron chi connectivity index (χ1n) is 10.6. The summed E-state index contributed by atoms with van der Waals surface area (Å²) >= 11 is 0. The number of esters is 3. The van der Waals surface area contributed by atoms with Crippen LogP contribution in [-0.4, -0.2) is 112 Å². The molecule has 0 aliphatic carbocycles. The van der Waals surface area contributed by atoms with Crippen molar-refractivity contribution < 1.29 is 62.2 Å². The molecule has 5 atom stereocenters. The first kappa shape index (κ1) is 29.7. The van der Waals surface area contributed by atoms with Gasteiger partial charge in [0.25, 0.3) is 0 Å². The minimum atomic E-state index is -1.11. The molecule has 1 heterocycles. The van der Waals surface area contributed by atoms with Crippen molar-refractivity contribution in [1.82, 2.24) is 0 Å². The van der Waals surface area contributed by atoms with Crippen molar-refractivity contribution in [3.63, 3.8) is 0 Å². The van der Waals surface area contributed by atoms with Gasteiger partial charge in [-0.25, -0.2) is 4.79 Å². The number of carboxylic acid groups (broad SMARTS) is 1. The maximum atomic E-state index is 11.6. The van der Waals surface area contributed by atoms with E-state index < -0.39 is 54.5 Å². The van der Waals surface area contributed by atoms with Crippen LogP contribution >= 0.6 is 0 Å². The van der Waals surface area contributed by atoms with Crippen LogP contribution in [0.15, 0.2) is 0 Å². The monoisotopic (exact) mass is 495 g/mol. The quantitative estimate of drug-likeness (QED) is 0.145. The Labute approximate surface area is 196 Å². The van der Waals surface area contributed by atoms with Gasteiger partial charge >= 0.3 is 23.9 Å². The number of hydrogen-bond acceptors (Lipinski definition) is 13. The van der Waals surface area contributed by atoms with E-state index in [1.165, 1.54) is 20.8 Å². The van der Waals surface area contributed by atoms with Gasteiger partial charge in [-0.1, -0.05) is 0 Å². The van der Waals surface area contributed by atoms with Gasteiger partial charge in [-0.2, -0.15) is 0 Å². The predicted octanol–water partition coefficient (Wildman–Crippen LogP) is -1.38. The summed E-state index contributed by atoms with van der Waals surface area (Å²) in [6.45, 7) is 4.00. The molecule has 0 bridgehead atoms. The number of rotatable bonds is 16. The highest BCUT2D eigenvalue weighted by Crippen LogP contribution is 2.26. The van der Waals surface area contributed by atoms with Gasteiger partial charge in [-0.3, -0.25) is 14.4 Å². The highest BCUT2D eigenvalue weighted by molar-refractivity contribution is 5.68. The fourth-order valence-electron chi connectivity index (χ4n) is 2.90. The Hall–Kier alpha value is -2.36. The van der Waals surface area contributed by atoms with Gasteiger partial charge in [0.1, 0.15) is 19.3 Å². The molecule has 0 spiro atoms. The minimum absolute atomic E-state index is 0.0609. The molecule has 0 unspecified atom stereocenters. The van der Waals surface area contributed by atoms with Crippen LogP contribution in [0.4, 0.5) is 0 Å². The average molecular weight is 495 g/mol. The summed E-state index contributed by atoms with van der Waals surface area (Å²) in [6, 6.07) is -1.00. The maximum absolute atomic E-state index is 11.6. The number of ether oxygens (including phenoxy) is 8. The topological polar surface area (TPSA) is 188 Å². The molecule has 0 aromatic carbocycles. The Bertz CT molecular complexity index is 658. The molecule has 196 valence electrons. The molecule has 0 aromatic heterocycles. The molecular weight excluding hydrogens is 462 g/mol. The zero-order valence-corrected chi connectivity index (χ0v) is 19.5. The van der Waals surface area contributed by atoms with Crippen molar-refractivity contribution in [1.29, 1.82) is 0 Å². The van der Waals surface area contributed by atoms with Gasteiger partial charge in [0, 0.05) is 20.8 Å². The van der Waals surface area contributed by atoms with Crippen LogP contribution in [0.2, 0.25) is 0 Å². The zero-order chi connectivity index (χ0) is 25.5. The first-order valence-corrected chi connectivity index (χ1v) is 10.6. The van der Waals surface area contributed by atoms with Crippen molar-refractivity contribution in [2.24, 2.45) is 5.73 Å². The summed E-state index contributed by atoms with van der Waals surface area (Å²) in [5.41, 5.74) is 6.16. The number of hydrogen-bond donors (Lipinski definition) is 2. The Kier molecular flexibility index (Phi) is 14.2. The third-order valence-electron chi connectivity index (χ3n) is 4.23. The standard InChI is InChI=1S/C20H33NO13/c1-12(22)31-10-15-18(32-13(2)23)19(33-14(3)24)17(21)20(34-15)30-9-8-28-5-4-27-6-7-29-11-16(25)26/h15,17-20H,4-11,21H2,1-3H3,(H,25,26)/t15-,17-,18+,19-,20-/m1/s1. The first-order chi connectivity index (χ1) is 16.1. The number of aliphatic carboxylic acids is 1. The van der Waals surface area contributed by atoms with Crippen molar-refractivity contribution in [3.8, 4) is 0 Å². The molecule has 34 heavy (non-hydrogen) atoms. The van der Waals surface area contributed by atoms with Crippen LogP contribution in [0.25, 0.3) is 0 Å². The molecule has 14 heteroatoms. The molecule has 0 saturated carbocycles. The fraction of sp³-hybridized carbons (Fsp3) is 0.800. The van der Waals surface area contributed by atoms with E-state index in [1.54, 1.807) is 0 Å². The Morgan fingerprint density at radius 3 is 1.85 bits per heavy atom. The molecule has 14 nitrogen and oxygen atoms in total. The van der Waals surface area contributed by atoms with Gasteiger partial charge in [0.2, 0.25) is 0 Å². The second kappa shape index (κ2) is 16.3. The van der Waals surface area contributed by atoms with E-state index >= 15 is 0 Å². The molecule has 1 aliphatic rings. The second-order valence-electron chi connectivity index (χ2n) is 7.11. The fourth-order valence-corrected chi connectivity index (χ4v) is 2.90. The summed E-state index contributed by atoms with van der Waals surface area (Å²) < 4.78 is 42.3. The molecule has 1 fully saturated rings. The SMILES string of the molecule is CC(=O)OC[C@H]1O[C@@H](OCCOCCOCCOCC(=O)O)[C@H](N)[C@@H](OC(C)=O)[C@H]1OC(C)=O. The highest BCUT2D eigenvalue weighted by Gasteiger charge is 2.49. The van der Waals surface area contributed by atoms with Crippen LogP contribution in [0.5, 0.6) is 0 Å². The third-order valence-corrected chi connectivity index (χ3v) is 4.23. The zero-order valence-electron chi connectivity index (χ0n) is 19.5. The summed E-state index contributed by atoms with van der Waals surface area (Å²) in [4.78, 5) is 44.7. The van der Waals surface area contributed by atoms with E-state index in [4.69, 9.17) is 48.7 Å². The Morgan fingerprint density at radius 1 is 0.794 bits per heavy atom. The summed E-state index contributed by atoms with van der Waals surface area (Å²) in [5.74, 6) is -2.94. The van der Waals surface area contributed by atoms with Crippen LogP contribution in [0.3, 0.4) is 0 Å². The minimum Gasteiger partial charge on any atom is -0.480 e. The molecule has 1 rings (SSSR count). The van der Waals surface area contributed by atoms with Gasteiger partial charge in [-0.15, -0.1) is 0 Å². The van der Waals surface area contributed by atoms with E-state index in [-0.39, 0.29) is 52.9 Å². The van der Waals surface area contributed by atoms with Crippen molar-refractivity contribution in [2.45, 2.75) is 51.4 Å². The Morgan fingerprint density at radius 2 is 1.32 bits per heavy atom. The van der Waals surface area contributed by atoms with Crippen molar-refractivity contribution in [2.75, 3.05) is 52.9 Å². The van der Waals surface area contributed by atoms with E-state index in [9.17, 15) is 19.2 Å². The lowest BCUT2D eigenvalue weighted by Gasteiger charge is -2.43. The second-order valence-corrected chi connectivity index (χ2v) is 7.11. The molecule has 0 aromatic rings. The van der Waals surface area contributed by atoms with Gasteiger partial charge in [0.05, 0.1) is 45.7 Å². The lowest BCUT2D eigenvalue weighted by molar-refractivity contribution is -0.275. The summed E-state index contributed by atoms with van der Waals surface area (Å²) in [5, 5.41) is 8.44. The molecule has 3 N–H and O–H groups in total. The van der Waals surface area contributed by atoms with Crippen molar-refractivity contribution >= 4 is 23.9 Å². The number of carbonyl (C=O) groups is 4. The number of carbonyl (C=O) groups excluding carboxylic acids is 3. The Balaban J connectivity index is 2.50. The van der Waals surface area contributed by atoms with E-state index in [0.29, 0.717) is 0 Å². The molecule has 0 amide bonds. The van der Waals surface area contributed by atoms with Crippen LogP contribution in [0, 0.1) is 0 Å². The number of nitrogens with two attached hydrogens (primary N) is 1. The highest BCUT2D eigenvalue weighted by atomic mass is 16.7. The van der Waals surface area contributed by atoms with Crippen LogP contribution in [0.1, 0.15) is 20.8 Å². The van der Waals surface area contributed by atoms with Crippen LogP contribution < -0.4 is 5.73 Å². The average Bonchev–Trinajstić information content (AvgIpc) is 2.74. The summed E-state index contributed by atoms with van der Waals surface area (Å²) in [6.07, 6.45) is -4.26. The smallest absolute Gasteiger partial charge is 0.329 e. The van der Waals surface area contributed by atoms with Gasteiger partial charge in [-0.05, 0) is 0 Å². The maximum Gasteiger partial charge on any atom is 0.329 e. The van der Waals surface area contributed by atoms with Crippen molar-refractivity contribution in [3.05, 3.63) is 0 Å². The lowest BCUT2D eigenvalue weighted by atomic mass is 9.97. The number of carboxylic acids is 1. The largest absolute Gasteiger partial charge is 0.480 e. The molecule has 1 aliphatic heterocycles. The summed E-state index contributed by atoms with van der Waals surface area (Å²) in [7, 11) is 0. The predicted molar refractivity (Wildman–Crippen MR) is 110 cm³/mol. The normalized spacial score (nSPS) is 24.3. The molecular formula is C20H33NO13. The molecule has 0 radical (unpaired) electrons. The third kappa shape index (κ3) is 12.2. The van der Waals surface area contributed by atoms with Crippen LogP contribution in [-0.2, 0) is 57.1 Å². The van der Waals surface area contributed by atoms with E-state index in [0.717, 1.165) is 0 Å². The van der Waals surface area contributed by atoms with Gasteiger partial charge in [0.15, 0.2) is 18.5 Å².